The standard InChI is InChI=1S/C14H10FN3O3/c15-12-4-2-1-3-9(12)8-21-14-11-7-10(18(19)20)5-6-13(11)16-17-14/h1-7H,8H2,(H,16,17). The largest absolute Gasteiger partial charge is 0.471 e. The summed E-state index contributed by atoms with van der Waals surface area (Å²) in [6.07, 6.45) is 0. The van der Waals surface area contributed by atoms with Crippen LogP contribution in [0.25, 0.3) is 10.9 Å². The number of nitro groups is 1. The molecule has 1 N–H and O–H groups in total. The first kappa shape index (κ1) is 13.0. The first-order valence-electron chi connectivity index (χ1n) is 6.14. The second kappa shape index (κ2) is 5.20. The molecule has 0 aliphatic heterocycles. The van der Waals surface area contributed by atoms with E-state index in [0.29, 0.717) is 16.5 Å². The maximum Gasteiger partial charge on any atom is 0.270 e. The molecule has 0 saturated heterocycles. The van der Waals surface area contributed by atoms with Crippen LogP contribution < -0.4 is 4.74 Å². The van der Waals surface area contributed by atoms with Gasteiger partial charge in [0.15, 0.2) is 0 Å². The summed E-state index contributed by atoms with van der Waals surface area (Å²) in [6, 6.07) is 10.5. The molecule has 0 atom stereocenters. The van der Waals surface area contributed by atoms with Crippen LogP contribution in [0.2, 0.25) is 0 Å². The van der Waals surface area contributed by atoms with E-state index in [0.717, 1.165) is 0 Å². The van der Waals surface area contributed by atoms with E-state index in [4.69, 9.17) is 4.74 Å². The third-order valence-corrected chi connectivity index (χ3v) is 3.04. The van der Waals surface area contributed by atoms with Crippen molar-refractivity contribution < 1.29 is 14.1 Å². The van der Waals surface area contributed by atoms with E-state index in [1.807, 2.05) is 0 Å². The van der Waals surface area contributed by atoms with Crippen LogP contribution in [0, 0.1) is 15.9 Å². The van der Waals surface area contributed by atoms with Crippen molar-refractivity contribution in [3.63, 3.8) is 0 Å². The van der Waals surface area contributed by atoms with Crippen molar-refractivity contribution in [3.8, 4) is 5.88 Å². The molecule has 0 fully saturated rings. The van der Waals surface area contributed by atoms with Crippen molar-refractivity contribution in [2.45, 2.75) is 6.61 Å². The predicted octanol–water partition coefficient (Wildman–Crippen LogP) is 3.19. The Hall–Kier alpha value is -2.96. The second-order valence-corrected chi connectivity index (χ2v) is 4.40. The first-order chi connectivity index (χ1) is 10.1. The van der Waals surface area contributed by atoms with Crippen molar-refractivity contribution in [1.82, 2.24) is 10.2 Å². The van der Waals surface area contributed by atoms with Crippen LogP contribution in [0.4, 0.5) is 10.1 Å². The maximum absolute atomic E-state index is 13.5. The second-order valence-electron chi connectivity index (χ2n) is 4.40. The van der Waals surface area contributed by atoms with Crippen LogP contribution in [0.1, 0.15) is 5.56 Å². The zero-order chi connectivity index (χ0) is 14.8. The van der Waals surface area contributed by atoms with E-state index < -0.39 is 4.92 Å². The Morgan fingerprint density at radius 3 is 2.86 bits per heavy atom. The van der Waals surface area contributed by atoms with E-state index in [1.165, 1.54) is 18.2 Å². The number of nitrogens with one attached hydrogen (secondary N) is 1. The number of aromatic nitrogens is 2. The first-order valence-corrected chi connectivity index (χ1v) is 6.14. The fraction of sp³-hybridized carbons (Fsp3) is 0.0714. The minimum atomic E-state index is -0.493. The molecule has 0 amide bonds. The zero-order valence-corrected chi connectivity index (χ0v) is 10.7. The van der Waals surface area contributed by atoms with Crippen molar-refractivity contribution in [2.75, 3.05) is 0 Å². The van der Waals surface area contributed by atoms with Gasteiger partial charge in [0.05, 0.1) is 15.8 Å². The number of nitrogens with zero attached hydrogens (tertiary/aromatic N) is 2. The SMILES string of the molecule is O=[N+]([O-])c1ccc2[nH]nc(OCc3ccccc3F)c2c1. The Bertz CT molecular complexity index is 816. The van der Waals surface area contributed by atoms with Crippen molar-refractivity contribution in [1.29, 1.82) is 0 Å². The molecule has 6 nitrogen and oxygen atoms in total. The lowest BCUT2D eigenvalue weighted by molar-refractivity contribution is -0.384. The topological polar surface area (TPSA) is 81.0 Å². The summed E-state index contributed by atoms with van der Waals surface area (Å²) < 4.78 is 19.0. The zero-order valence-electron chi connectivity index (χ0n) is 10.7. The van der Waals surface area contributed by atoms with Gasteiger partial charge in [-0.05, 0) is 12.1 Å². The monoisotopic (exact) mass is 287 g/mol. The minimum Gasteiger partial charge on any atom is -0.471 e. The third-order valence-electron chi connectivity index (χ3n) is 3.04. The Morgan fingerprint density at radius 2 is 2.10 bits per heavy atom. The molecule has 2 aromatic carbocycles. The molecular weight excluding hydrogens is 277 g/mol. The van der Waals surface area contributed by atoms with Crippen LogP contribution in [0.3, 0.4) is 0 Å². The third kappa shape index (κ3) is 2.53. The number of benzene rings is 2. The van der Waals surface area contributed by atoms with Gasteiger partial charge in [0.1, 0.15) is 12.4 Å². The van der Waals surface area contributed by atoms with E-state index >= 15 is 0 Å². The van der Waals surface area contributed by atoms with Crippen molar-refractivity contribution in [2.24, 2.45) is 0 Å². The van der Waals surface area contributed by atoms with Gasteiger partial charge in [0.2, 0.25) is 5.88 Å². The molecule has 3 aromatic rings. The van der Waals surface area contributed by atoms with Crippen LogP contribution in [0.15, 0.2) is 42.5 Å². The maximum atomic E-state index is 13.5. The van der Waals surface area contributed by atoms with Crippen LogP contribution in [-0.4, -0.2) is 15.1 Å². The Morgan fingerprint density at radius 1 is 1.29 bits per heavy atom. The van der Waals surface area contributed by atoms with E-state index in [2.05, 4.69) is 10.2 Å². The fourth-order valence-corrected chi connectivity index (χ4v) is 1.96. The van der Waals surface area contributed by atoms with Crippen LogP contribution in [-0.2, 0) is 6.61 Å². The molecular formula is C14H10FN3O3. The highest BCUT2D eigenvalue weighted by atomic mass is 19.1. The number of non-ortho nitro benzene ring substituents is 1. The Kier molecular flexibility index (Phi) is 3.23. The van der Waals surface area contributed by atoms with Gasteiger partial charge < -0.3 is 4.74 Å². The van der Waals surface area contributed by atoms with Gasteiger partial charge in [-0.15, -0.1) is 5.10 Å². The Balaban J connectivity index is 1.89. The molecule has 0 aliphatic rings. The molecule has 0 saturated carbocycles. The highest BCUT2D eigenvalue weighted by Crippen LogP contribution is 2.27. The van der Waals surface area contributed by atoms with Gasteiger partial charge in [0, 0.05) is 17.7 Å². The summed E-state index contributed by atoms with van der Waals surface area (Å²) in [4.78, 5) is 10.3. The van der Waals surface area contributed by atoms with Crippen LogP contribution in [0.5, 0.6) is 5.88 Å². The summed E-state index contributed by atoms with van der Waals surface area (Å²) >= 11 is 0. The number of rotatable bonds is 4. The molecule has 0 unspecified atom stereocenters. The molecule has 1 heterocycles. The molecule has 3 rings (SSSR count). The number of hydrogen-bond acceptors (Lipinski definition) is 4. The smallest absolute Gasteiger partial charge is 0.270 e. The van der Waals surface area contributed by atoms with E-state index in [1.54, 1.807) is 24.3 Å². The van der Waals surface area contributed by atoms with Gasteiger partial charge in [-0.25, -0.2) is 4.39 Å². The summed E-state index contributed by atoms with van der Waals surface area (Å²) in [5.74, 6) is -0.166. The van der Waals surface area contributed by atoms with Crippen molar-refractivity contribution in [3.05, 3.63) is 64.0 Å². The highest BCUT2D eigenvalue weighted by molar-refractivity contribution is 5.86. The van der Waals surface area contributed by atoms with Gasteiger partial charge >= 0.3 is 0 Å². The number of hydrogen-bond donors (Lipinski definition) is 1. The average molecular weight is 287 g/mol. The quantitative estimate of drug-likeness (QED) is 0.590. The van der Waals surface area contributed by atoms with E-state index in [-0.39, 0.29) is 24.0 Å². The molecule has 0 spiro atoms. The molecule has 0 aliphatic carbocycles. The lowest BCUT2D eigenvalue weighted by Gasteiger charge is -2.04. The summed E-state index contributed by atoms with van der Waals surface area (Å²) in [6.45, 7) is -0.00464. The van der Waals surface area contributed by atoms with Gasteiger partial charge in [-0.1, -0.05) is 18.2 Å². The van der Waals surface area contributed by atoms with Gasteiger partial charge in [0.25, 0.3) is 5.69 Å². The summed E-state index contributed by atoms with van der Waals surface area (Å²) in [5, 5.41) is 17.9. The lowest BCUT2D eigenvalue weighted by Crippen LogP contribution is -1.98. The predicted molar refractivity (Wildman–Crippen MR) is 73.5 cm³/mol. The van der Waals surface area contributed by atoms with Crippen LogP contribution >= 0.6 is 0 Å². The van der Waals surface area contributed by atoms with Crippen molar-refractivity contribution >= 4 is 16.6 Å². The lowest BCUT2D eigenvalue weighted by atomic mass is 10.2. The molecule has 0 bridgehead atoms. The molecule has 7 heteroatoms. The number of halogens is 1. The summed E-state index contributed by atoms with van der Waals surface area (Å²) in [7, 11) is 0. The number of nitro benzene ring substituents is 1. The number of aromatic amines is 1. The molecule has 0 radical (unpaired) electrons. The number of H-pyrrole nitrogens is 1. The average Bonchev–Trinajstić information content (AvgIpc) is 2.88. The normalized spacial score (nSPS) is 10.7. The van der Waals surface area contributed by atoms with Gasteiger partial charge in [-0.3, -0.25) is 15.2 Å². The molecule has 106 valence electrons. The number of ether oxygens (including phenoxy) is 1. The van der Waals surface area contributed by atoms with E-state index in [9.17, 15) is 14.5 Å². The molecule has 21 heavy (non-hydrogen) atoms. The fourth-order valence-electron chi connectivity index (χ4n) is 1.96. The molecule has 1 aromatic heterocycles. The van der Waals surface area contributed by atoms with Gasteiger partial charge in [-0.2, -0.15) is 0 Å². The Labute approximate surface area is 118 Å². The highest BCUT2D eigenvalue weighted by Gasteiger charge is 2.13. The minimum absolute atomic E-state index is 0.00464. The summed E-state index contributed by atoms with van der Waals surface area (Å²) in [5.41, 5.74) is 0.947. The number of fused-ring (bicyclic) bond motifs is 1.